The van der Waals surface area contributed by atoms with Crippen molar-refractivity contribution in [3.8, 4) is 0 Å². The summed E-state index contributed by atoms with van der Waals surface area (Å²) in [5.74, 6) is -0.766. The molecule has 17 heavy (non-hydrogen) atoms. The maximum absolute atomic E-state index is 11.4. The molecule has 0 saturated heterocycles. The van der Waals surface area contributed by atoms with Gasteiger partial charge in [-0.2, -0.15) is 0 Å². The van der Waals surface area contributed by atoms with Crippen molar-refractivity contribution in [2.75, 3.05) is 6.61 Å². The van der Waals surface area contributed by atoms with E-state index in [1.165, 1.54) is 0 Å². The summed E-state index contributed by atoms with van der Waals surface area (Å²) in [6, 6.07) is 6.71. The van der Waals surface area contributed by atoms with Crippen LogP contribution in [0.15, 0.2) is 24.3 Å². The van der Waals surface area contributed by atoms with Crippen molar-refractivity contribution in [2.45, 2.75) is 26.2 Å². The first kappa shape index (κ1) is 13.2. The van der Waals surface area contributed by atoms with Gasteiger partial charge in [0.25, 0.3) is 0 Å². The minimum absolute atomic E-state index is 0.341. The van der Waals surface area contributed by atoms with E-state index in [-0.39, 0.29) is 5.97 Å². The number of nitrogens with two attached hydrogens (primary N) is 1. The first-order chi connectivity index (χ1) is 7.89. The topological polar surface area (TPSA) is 69.4 Å². The number of carbonyl (C=O) groups is 2. The van der Waals surface area contributed by atoms with E-state index < -0.39 is 11.3 Å². The monoisotopic (exact) mass is 235 g/mol. The van der Waals surface area contributed by atoms with Crippen LogP contribution in [0.5, 0.6) is 0 Å². The van der Waals surface area contributed by atoms with Gasteiger partial charge in [-0.25, -0.2) is 4.79 Å². The fourth-order valence-corrected chi connectivity index (χ4v) is 1.38. The quantitative estimate of drug-likeness (QED) is 0.806. The second-order valence-corrected chi connectivity index (χ2v) is 4.29. The van der Waals surface area contributed by atoms with E-state index in [2.05, 4.69) is 0 Å². The lowest BCUT2D eigenvalue weighted by molar-refractivity contribution is -0.122. The lowest BCUT2D eigenvalue weighted by atomic mass is 9.84. The van der Waals surface area contributed by atoms with E-state index in [4.69, 9.17) is 10.5 Å². The minimum Gasteiger partial charge on any atom is -0.462 e. The van der Waals surface area contributed by atoms with Gasteiger partial charge >= 0.3 is 5.97 Å². The van der Waals surface area contributed by atoms with Crippen LogP contribution in [0.3, 0.4) is 0 Å². The summed E-state index contributed by atoms with van der Waals surface area (Å²) in [5, 5.41) is 0. The van der Waals surface area contributed by atoms with E-state index in [0.29, 0.717) is 12.2 Å². The number of amides is 1. The van der Waals surface area contributed by atoms with Gasteiger partial charge in [-0.1, -0.05) is 12.1 Å². The molecule has 0 spiro atoms. The molecule has 0 fully saturated rings. The predicted octanol–water partition coefficient (Wildman–Crippen LogP) is 1.63. The first-order valence-electron chi connectivity index (χ1n) is 5.47. The van der Waals surface area contributed by atoms with E-state index >= 15 is 0 Å². The number of hydrogen-bond donors (Lipinski definition) is 1. The summed E-state index contributed by atoms with van der Waals surface area (Å²) in [5.41, 5.74) is 5.82. The van der Waals surface area contributed by atoms with E-state index in [1.54, 1.807) is 45.0 Å². The first-order valence-corrected chi connectivity index (χ1v) is 5.47. The lowest BCUT2D eigenvalue weighted by Gasteiger charge is -2.20. The zero-order valence-electron chi connectivity index (χ0n) is 10.3. The third-order valence-electron chi connectivity index (χ3n) is 2.73. The molecule has 0 unspecified atom stereocenters. The van der Waals surface area contributed by atoms with Gasteiger partial charge in [0.05, 0.1) is 17.6 Å². The van der Waals surface area contributed by atoms with Crippen molar-refractivity contribution in [3.63, 3.8) is 0 Å². The fourth-order valence-electron chi connectivity index (χ4n) is 1.38. The molecule has 92 valence electrons. The van der Waals surface area contributed by atoms with Gasteiger partial charge in [0.1, 0.15) is 0 Å². The van der Waals surface area contributed by atoms with Gasteiger partial charge in [0, 0.05) is 0 Å². The van der Waals surface area contributed by atoms with Crippen LogP contribution in [-0.2, 0) is 14.9 Å². The van der Waals surface area contributed by atoms with Gasteiger partial charge < -0.3 is 10.5 Å². The van der Waals surface area contributed by atoms with Crippen LogP contribution in [0.25, 0.3) is 0 Å². The molecule has 0 atom stereocenters. The summed E-state index contributed by atoms with van der Waals surface area (Å²) >= 11 is 0. The van der Waals surface area contributed by atoms with Crippen LogP contribution in [0, 0.1) is 0 Å². The van der Waals surface area contributed by atoms with Crippen LogP contribution in [-0.4, -0.2) is 18.5 Å². The molecule has 0 radical (unpaired) electrons. The molecule has 2 N–H and O–H groups in total. The van der Waals surface area contributed by atoms with Gasteiger partial charge in [-0.15, -0.1) is 0 Å². The Hall–Kier alpha value is -1.84. The third-order valence-corrected chi connectivity index (χ3v) is 2.73. The second-order valence-electron chi connectivity index (χ2n) is 4.29. The maximum Gasteiger partial charge on any atom is 0.338 e. The molecule has 1 aromatic carbocycles. The molecule has 0 aliphatic rings. The Bertz CT molecular complexity index is 421. The van der Waals surface area contributed by atoms with E-state index in [1.807, 2.05) is 0 Å². The van der Waals surface area contributed by atoms with Crippen molar-refractivity contribution in [2.24, 2.45) is 5.73 Å². The van der Waals surface area contributed by atoms with Crippen molar-refractivity contribution in [1.82, 2.24) is 0 Å². The molecule has 0 bridgehead atoms. The van der Waals surface area contributed by atoms with Crippen LogP contribution in [0.1, 0.15) is 36.7 Å². The molecule has 0 aliphatic heterocycles. The summed E-state index contributed by atoms with van der Waals surface area (Å²) in [7, 11) is 0. The van der Waals surface area contributed by atoms with Gasteiger partial charge in [0.2, 0.25) is 5.91 Å². The maximum atomic E-state index is 11.4. The average Bonchev–Trinajstić information content (AvgIpc) is 2.29. The number of ether oxygens (including phenoxy) is 1. The number of benzene rings is 1. The Balaban J connectivity index is 2.96. The van der Waals surface area contributed by atoms with Crippen LogP contribution in [0.2, 0.25) is 0 Å². The molecule has 1 aromatic rings. The van der Waals surface area contributed by atoms with Crippen molar-refractivity contribution < 1.29 is 14.3 Å². The predicted molar refractivity (Wildman–Crippen MR) is 64.6 cm³/mol. The normalized spacial score (nSPS) is 11.0. The molecule has 4 nitrogen and oxygen atoms in total. The van der Waals surface area contributed by atoms with Crippen LogP contribution < -0.4 is 5.73 Å². The molecular weight excluding hydrogens is 218 g/mol. The van der Waals surface area contributed by atoms with Gasteiger partial charge in [-0.05, 0) is 38.5 Å². The SMILES string of the molecule is CCOC(=O)c1ccc(C(C)(C)C(N)=O)cc1. The molecule has 1 amide bonds. The Morgan fingerprint density at radius 1 is 1.24 bits per heavy atom. The Morgan fingerprint density at radius 3 is 2.18 bits per heavy atom. The highest BCUT2D eigenvalue weighted by molar-refractivity contribution is 5.90. The summed E-state index contributed by atoms with van der Waals surface area (Å²) < 4.78 is 4.87. The Labute approximate surface area is 101 Å². The minimum atomic E-state index is -0.743. The molecule has 0 heterocycles. The molecule has 0 aliphatic carbocycles. The zero-order valence-corrected chi connectivity index (χ0v) is 10.3. The Kier molecular flexibility index (Phi) is 3.89. The summed E-state index contributed by atoms with van der Waals surface area (Å²) in [4.78, 5) is 22.7. The zero-order chi connectivity index (χ0) is 13.1. The number of rotatable bonds is 4. The molecule has 0 aromatic heterocycles. The van der Waals surface area contributed by atoms with Crippen LogP contribution >= 0.6 is 0 Å². The van der Waals surface area contributed by atoms with Crippen LogP contribution in [0.4, 0.5) is 0 Å². The molecule has 0 saturated carbocycles. The highest BCUT2D eigenvalue weighted by atomic mass is 16.5. The molecular formula is C13H17NO3. The van der Waals surface area contributed by atoms with Crippen molar-refractivity contribution in [1.29, 1.82) is 0 Å². The summed E-state index contributed by atoms with van der Waals surface area (Å²) in [6.45, 7) is 5.58. The Morgan fingerprint density at radius 2 is 1.76 bits per heavy atom. The van der Waals surface area contributed by atoms with Crippen molar-refractivity contribution in [3.05, 3.63) is 35.4 Å². The number of hydrogen-bond acceptors (Lipinski definition) is 3. The number of carbonyl (C=O) groups excluding carboxylic acids is 2. The van der Waals surface area contributed by atoms with Gasteiger partial charge in [-0.3, -0.25) is 4.79 Å². The summed E-state index contributed by atoms with van der Waals surface area (Å²) in [6.07, 6.45) is 0. The second kappa shape index (κ2) is 4.99. The molecule has 4 heteroatoms. The lowest BCUT2D eigenvalue weighted by Crippen LogP contribution is -2.35. The number of esters is 1. The highest BCUT2D eigenvalue weighted by Gasteiger charge is 2.27. The number of primary amides is 1. The fraction of sp³-hybridized carbons (Fsp3) is 0.385. The smallest absolute Gasteiger partial charge is 0.338 e. The van der Waals surface area contributed by atoms with E-state index in [9.17, 15) is 9.59 Å². The average molecular weight is 235 g/mol. The third kappa shape index (κ3) is 2.84. The highest BCUT2D eigenvalue weighted by Crippen LogP contribution is 2.23. The molecule has 1 rings (SSSR count). The standard InChI is InChI=1S/C13H17NO3/c1-4-17-11(15)9-5-7-10(8-6-9)13(2,3)12(14)16/h5-8H,4H2,1-3H3,(H2,14,16). The van der Waals surface area contributed by atoms with Crippen molar-refractivity contribution >= 4 is 11.9 Å². The largest absolute Gasteiger partial charge is 0.462 e. The van der Waals surface area contributed by atoms with Gasteiger partial charge in [0.15, 0.2) is 0 Å². The van der Waals surface area contributed by atoms with E-state index in [0.717, 1.165) is 5.56 Å².